The summed E-state index contributed by atoms with van der Waals surface area (Å²) in [5.41, 5.74) is 1.30. The van der Waals surface area contributed by atoms with Crippen LogP contribution < -0.4 is 10.6 Å². The third-order valence-corrected chi connectivity index (χ3v) is 3.24. The zero-order valence-corrected chi connectivity index (χ0v) is 10.6. The summed E-state index contributed by atoms with van der Waals surface area (Å²) in [4.78, 5) is 11.8. The van der Waals surface area contributed by atoms with E-state index in [0.717, 1.165) is 18.4 Å². The van der Waals surface area contributed by atoms with Gasteiger partial charge in [0, 0.05) is 11.7 Å². The molecule has 0 unspecified atom stereocenters. The lowest BCUT2D eigenvalue weighted by Gasteiger charge is -2.22. The molecule has 1 aliphatic carbocycles. The van der Waals surface area contributed by atoms with E-state index in [4.69, 9.17) is 0 Å². The van der Waals surface area contributed by atoms with E-state index in [1.807, 2.05) is 0 Å². The average Bonchev–Trinajstić information content (AvgIpc) is 2.28. The van der Waals surface area contributed by atoms with Gasteiger partial charge >= 0.3 is 6.03 Å². The summed E-state index contributed by atoms with van der Waals surface area (Å²) >= 11 is 0. The second-order valence-electron chi connectivity index (χ2n) is 4.95. The van der Waals surface area contributed by atoms with Crippen LogP contribution in [0.4, 0.5) is 14.9 Å². The van der Waals surface area contributed by atoms with Gasteiger partial charge < -0.3 is 10.6 Å². The minimum atomic E-state index is -0.331. The number of rotatable bonds is 2. The van der Waals surface area contributed by atoms with Crippen molar-refractivity contribution in [3.05, 3.63) is 29.6 Å². The maximum Gasteiger partial charge on any atom is 0.319 e. The number of carbonyl (C=O) groups excluding carboxylic acids is 1. The van der Waals surface area contributed by atoms with Gasteiger partial charge in [-0.1, -0.05) is 19.3 Å². The van der Waals surface area contributed by atoms with E-state index in [-0.39, 0.29) is 17.9 Å². The highest BCUT2D eigenvalue weighted by Gasteiger charge is 2.15. The fraction of sp³-hybridized carbons (Fsp3) is 0.500. The molecule has 0 bridgehead atoms. The molecule has 2 amide bonds. The quantitative estimate of drug-likeness (QED) is 0.827. The molecule has 0 radical (unpaired) electrons. The lowest BCUT2D eigenvalue weighted by molar-refractivity contribution is 0.244. The van der Waals surface area contributed by atoms with Crippen molar-refractivity contribution in [3.8, 4) is 0 Å². The van der Waals surface area contributed by atoms with E-state index >= 15 is 0 Å². The topological polar surface area (TPSA) is 41.1 Å². The Morgan fingerprint density at radius 3 is 2.61 bits per heavy atom. The summed E-state index contributed by atoms with van der Waals surface area (Å²) in [5, 5.41) is 5.61. The average molecular weight is 250 g/mol. The molecule has 1 aromatic carbocycles. The largest absolute Gasteiger partial charge is 0.335 e. The molecule has 0 aliphatic heterocycles. The van der Waals surface area contributed by atoms with Gasteiger partial charge in [-0.2, -0.15) is 0 Å². The van der Waals surface area contributed by atoms with E-state index in [2.05, 4.69) is 10.6 Å². The zero-order valence-electron chi connectivity index (χ0n) is 10.6. The summed E-state index contributed by atoms with van der Waals surface area (Å²) in [6.45, 7) is 1.80. The van der Waals surface area contributed by atoms with Crippen molar-refractivity contribution in [2.45, 2.75) is 45.1 Å². The number of hydrogen-bond donors (Lipinski definition) is 2. The fourth-order valence-corrected chi connectivity index (χ4v) is 2.41. The van der Waals surface area contributed by atoms with Crippen molar-refractivity contribution in [1.82, 2.24) is 5.32 Å². The molecule has 1 saturated carbocycles. The van der Waals surface area contributed by atoms with Gasteiger partial charge in [0.2, 0.25) is 0 Å². The molecule has 1 aromatic rings. The van der Waals surface area contributed by atoms with Gasteiger partial charge in [0.1, 0.15) is 5.82 Å². The van der Waals surface area contributed by atoms with Crippen molar-refractivity contribution >= 4 is 11.7 Å². The SMILES string of the molecule is Cc1cc(F)cc(NC(=O)NC2CCCCC2)c1. The standard InChI is InChI=1S/C14H19FN2O/c1-10-7-11(15)9-13(8-10)17-14(18)16-12-5-3-2-4-6-12/h7-9,12H,2-6H2,1H3,(H2,16,17,18). The molecular formula is C14H19FN2O. The van der Waals surface area contributed by atoms with Crippen LogP contribution in [0.25, 0.3) is 0 Å². The van der Waals surface area contributed by atoms with Gasteiger partial charge in [0.05, 0.1) is 0 Å². The summed E-state index contributed by atoms with van der Waals surface area (Å²) in [6, 6.07) is 4.53. The predicted octanol–water partition coefficient (Wildman–Crippen LogP) is 3.59. The van der Waals surface area contributed by atoms with Crippen molar-refractivity contribution < 1.29 is 9.18 Å². The van der Waals surface area contributed by atoms with E-state index < -0.39 is 0 Å². The van der Waals surface area contributed by atoms with E-state index in [1.165, 1.54) is 31.4 Å². The maximum absolute atomic E-state index is 13.2. The predicted molar refractivity (Wildman–Crippen MR) is 70.2 cm³/mol. The van der Waals surface area contributed by atoms with Gasteiger partial charge in [0.25, 0.3) is 0 Å². The highest BCUT2D eigenvalue weighted by Crippen LogP contribution is 2.18. The summed E-state index contributed by atoms with van der Waals surface area (Å²) in [5.74, 6) is -0.331. The van der Waals surface area contributed by atoms with Gasteiger partial charge in [-0.3, -0.25) is 0 Å². The summed E-state index contributed by atoms with van der Waals surface area (Å²) in [6.07, 6.45) is 5.67. The van der Waals surface area contributed by atoms with Gasteiger partial charge in [-0.25, -0.2) is 9.18 Å². The Morgan fingerprint density at radius 2 is 1.94 bits per heavy atom. The molecule has 4 heteroatoms. The molecule has 1 fully saturated rings. The Morgan fingerprint density at radius 1 is 1.22 bits per heavy atom. The minimum absolute atomic E-state index is 0.244. The number of nitrogens with one attached hydrogen (secondary N) is 2. The van der Waals surface area contributed by atoms with Crippen LogP contribution in [0.2, 0.25) is 0 Å². The number of benzene rings is 1. The van der Waals surface area contributed by atoms with Crippen LogP contribution in [0, 0.1) is 12.7 Å². The third-order valence-electron chi connectivity index (χ3n) is 3.24. The molecule has 3 nitrogen and oxygen atoms in total. The Bertz CT molecular complexity index is 408. The number of anilines is 1. The normalized spacial score (nSPS) is 16.3. The van der Waals surface area contributed by atoms with E-state index in [0.29, 0.717) is 5.69 Å². The zero-order chi connectivity index (χ0) is 13.0. The smallest absolute Gasteiger partial charge is 0.319 e. The third kappa shape index (κ3) is 3.72. The molecule has 2 N–H and O–H groups in total. The molecule has 18 heavy (non-hydrogen) atoms. The minimum Gasteiger partial charge on any atom is -0.335 e. The molecule has 98 valence electrons. The lowest BCUT2D eigenvalue weighted by atomic mass is 9.96. The number of halogens is 1. The monoisotopic (exact) mass is 250 g/mol. The molecule has 0 spiro atoms. The number of carbonyl (C=O) groups is 1. The Kier molecular flexibility index (Phi) is 4.18. The molecule has 0 atom stereocenters. The highest BCUT2D eigenvalue weighted by molar-refractivity contribution is 5.89. The van der Waals surface area contributed by atoms with Crippen LogP contribution in [0.1, 0.15) is 37.7 Å². The van der Waals surface area contributed by atoms with Crippen LogP contribution in [-0.4, -0.2) is 12.1 Å². The molecule has 0 heterocycles. The molecule has 0 saturated heterocycles. The number of hydrogen-bond acceptors (Lipinski definition) is 1. The maximum atomic E-state index is 13.2. The summed E-state index contributed by atoms with van der Waals surface area (Å²) in [7, 11) is 0. The van der Waals surface area contributed by atoms with Crippen molar-refractivity contribution in [1.29, 1.82) is 0 Å². The molecule has 0 aromatic heterocycles. The first-order valence-electron chi connectivity index (χ1n) is 6.48. The van der Waals surface area contributed by atoms with Crippen LogP contribution in [0.15, 0.2) is 18.2 Å². The second kappa shape index (κ2) is 5.85. The van der Waals surface area contributed by atoms with Crippen LogP contribution in [-0.2, 0) is 0 Å². The molecular weight excluding hydrogens is 231 g/mol. The van der Waals surface area contributed by atoms with Gasteiger partial charge in [-0.15, -0.1) is 0 Å². The highest BCUT2D eigenvalue weighted by atomic mass is 19.1. The van der Waals surface area contributed by atoms with Gasteiger partial charge in [-0.05, 0) is 43.5 Å². The Hall–Kier alpha value is -1.58. The first kappa shape index (κ1) is 12.9. The Labute approximate surface area is 107 Å². The molecule has 1 aliphatic rings. The lowest BCUT2D eigenvalue weighted by Crippen LogP contribution is -2.39. The van der Waals surface area contributed by atoms with Crippen molar-refractivity contribution in [2.24, 2.45) is 0 Å². The first-order valence-corrected chi connectivity index (χ1v) is 6.48. The first-order chi connectivity index (χ1) is 8.63. The summed E-state index contributed by atoms with van der Waals surface area (Å²) < 4.78 is 13.2. The van der Waals surface area contributed by atoms with E-state index in [9.17, 15) is 9.18 Å². The van der Waals surface area contributed by atoms with Crippen molar-refractivity contribution in [3.63, 3.8) is 0 Å². The number of urea groups is 1. The van der Waals surface area contributed by atoms with Crippen molar-refractivity contribution in [2.75, 3.05) is 5.32 Å². The fourth-order valence-electron chi connectivity index (χ4n) is 2.41. The van der Waals surface area contributed by atoms with Crippen LogP contribution in [0.5, 0.6) is 0 Å². The van der Waals surface area contributed by atoms with Crippen LogP contribution in [0.3, 0.4) is 0 Å². The Balaban J connectivity index is 1.89. The molecule has 2 rings (SSSR count). The van der Waals surface area contributed by atoms with Gasteiger partial charge in [0.15, 0.2) is 0 Å². The second-order valence-corrected chi connectivity index (χ2v) is 4.95. The number of amides is 2. The number of aryl methyl sites for hydroxylation is 1. The van der Waals surface area contributed by atoms with E-state index in [1.54, 1.807) is 13.0 Å². The van der Waals surface area contributed by atoms with Crippen LogP contribution >= 0.6 is 0 Å².